The van der Waals surface area contributed by atoms with Gasteiger partial charge in [0, 0.05) is 49.9 Å². The number of carboxylic acid groups (broad SMARTS) is 1. The lowest BCUT2D eigenvalue weighted by atomic mass is 9.87. The summed E-state index contributed by atoms with van der Waals surface area (Å²) in [6, 6.07) is 19.6. The number of carboxylic acids is 1. The molecule has 0 aromatic heterocycles. The van der Waals surface area contributed by atoms with Gasteiger partial charge in [0.25, 0.3) is 0 Å². The van der Waals surface area contributed by atoms with E-state index in [0.29, 0.717) is 15.6 Å². The number of hydrogen-bond donors (Lipinski definition) is 1. The van der Waals surface area contributed by atoms with E-state index in [-0.39, 0.29) is 5.91 Å². The third kappa shape index (κ3) is 6.65. The molecule has 5 nitrogen and oxygen atoms in total. The molecule has 41 heavy (non-hydrogen) atoms. The van der Waals surface area contributed by atoms with Gasteiger partial charge in [0.05, 0.1) is 5.56 Å². The van der Waals surface area contributed by atoms with Crippen LogP contribution in [0.2, 0.25) is 10.0 Å². The van der Waals surface area contributed by atoms with Gasteiger partial charge in [-0.25, -0.2) is 4.79 Å². The molecule has 0 spiro atoms. The summed E-state index contributed by atoms with van der Waals surface area (Å²) in [4.78, 5) is 27.2. The Hall–Kier alpha value is -3.64. The van der Waals surface area contributed by atoms with Crippen LogP contribution in [0.3, 0.4) is 0 Å². The lowest BCUT2D eigenvalue weighted by Crippen LogP contribution is -2.39. The molecule has 0 radical (unpaired) electrons. The van der Waals surface area contributed by atoms with Gasteiger partial charge in [-0.2, -0.15) is 0 Å². The SMILES string of the molecule is CN(C)C(=O)/C=C/CN1CC(=Cc2ccc(C3=C(c4ccc(Cl)cc4Cl)CCCc4cc(C(=O)O)ccc43)cc2)C1. The summed E-state index contributed by atoms with van der Waals surface area (Å²) in [6.45, 7) is 2.51. The number of benzene rings is 3. The van der Waals surface area contributed by atoms with E-state index in [0.717, 1.165) is 77.9 Å². The number of carbonyl (C=O) groups excluding carboxylic acids is 1. The minimum Gasteiger partial charge on any atom is -0.478 e. The van der Waals surface area contributed by atoms with Crippen LogP contribution in [0.1, 0.15) is 51.0 Å². The summed E-state index contributed by atoms with van der Waals surface area (Å²) < 4.78 is 0. The monoisotopic (exact) mass is 586 g/mol. The van der Waals surface area contributed by atoms with Crippen molar-refractivity contribution in [3.63, 3.8) is 0 Å². The van der Waals surface area contributed by atoms with E-state index in [9.17, 15) is 14.7 Å². The van der Waals surface area contributed by atoms with Gasteiger partial charge in [-0.15, -0.1) is 0 Å². The molecule has 7 heteroatoms. The first-order valence-electron chi connectivity index (χ1n) is 13.6. The van der Waals surface area contributed by atoms with Gasteiger partial charge in [-0.3, -0.25) is 9.69 Å². The molecular formula is C34H32Cl2N2O3. The van der Waals surface area contributed by atoms with Gasteiger partial charge >= 0.3 is 5.97 Å². The van der Waals surface area contributed by atoms with Crippen LogP contribution < -0.4 is 0 Å². The fourth-order valence-electron chi connectivity index (χ4n) is 5.44. The van der Waals surface area contributed by atoms with E-state index in [1.54, 1.807) is 43.3 Å². The number of nitrogens with zero attached hydrogens (tertiary/aromatic N) is 2. The van der Waals surface area contributed by atoms with Crippen molar-refractivity contribution in [2.75, 3.05) is 33.7 Å². The van der Waals surface area contributed by atoms with Crippen molar-refractivity contribution in [3.8, 4) is 0 Å². The molecule has 1 saturated heterocycles. The summed E-state index contributed by atoms with van der Waals surface area (Å²) in [7, 11) is 3.49. The Labute approximate surface area is 251 Å². The van der Waals surface area contributed by atoms with Crippen LogP contribution >= 0.6 is 23.2 Å². The van der Waals surface area contributed by atoms with Gasteiger partial charge in [-0.05, 0) is 88.1 Å². The Balaban J connectivity index is 1.44. The smallest absolute Gasteiger partial charge is 0.335 e. The van der Waals surface area contributed by atoms with Crippen LogP contribution in [-0.4, -0.2) is 60.5 Å². The normalized spacial score (nSPS) is 15.4. The third-order valence-corrected chi connectivity index (χ3v) is 8.09. The number of likely N-dealkylation sites (tertiary alicyclic amines) is 1. The first kappa shape index (κ1) is 28.9. The molecule has 2 aliphatic rings. The highest BCUT2D eigenvalue weighted by Crippen LogP contribution is 2.42. The second-order valence-corrected chi connectivity index (χ2v) is 11.6. The zero-order chi connectivity index (χ0) is 29.1. The van der Waals surface area contributed by atoms with Gasteiger partial charge in [0.2, 0.25) is 5.91 Å². The van der Waals surface area contributed by atoms with Crippen molar-refractivity contribution in [2.24, 2.45) is 0 Å². The zero-order valence-electron chi connectivity index (χ0n) is 23.2. The number of aromatic carboxylic acids is 1. The average Bonchev–Trinajstić information content (AvgIpc) is 3.11. The highest BCUT2D eigenvalue weighted by molar-refractivity contribution is 6.36. The van der Waals surface area contributed by atoms with Crippen LogP contribution in [-0.2, 0) is 11.2 Å². The zero-order valence-corrected chi connectivity index (χ0v) is 24.7. The summed E-state index contributed by atoms with van der Waals surface area (Å²) in [5.41, 5.74) is 9.06. The minimum atomic E-state index is -0.923. The number of amides is 1. The summed E-state index contributed by atoms with van der Waals surface area (Å²) in [6.07, 6.45) is 8.23. The Morgan fingerprint density at radius 1 is 0.951 bits per heavy atom. The molecule has 1 aliphatic carbocycles. The highest BCUT2D eigenvalue weighted by atomic mass is 35.5. The first-order chi connectivity index (χ1) is 19.7. The average molecular weight is 588 g/mol. The first-order valence-corrected chi connectivity index (χ1v) is 14.4. The molecule has 3 aromatic carbocycles. The van der Waals surface area contributed by atoms with Crippen LogP contribution in [0.15, 0.2) is 78.4 Å². The molecule has 210 valence electrons. The van der Waals surface area contributed by atoms with E-state index >= 15 is 0 Å². The molecular weight excluding hydrogens is 555 g/mol. The summed E-state index contributed by atoms with van der Waals surface area (Å²) in [5, 5.41) is 10.8. The molecule has 1 amide bonds. The van der Waals surface area contributed by atoms with E-state index in [4.69, 9.17) is 23.2 Å². The van der Waals surface area contributed by atoms with Gasteiger partial charge in [0.1, 0.15) is 0 Å². The maximum atomic E-state index is 11.7. The fraction of sp³-hybridized carbons (Fsp3) is 0.235. The fourth-order valence-corrected chi connectivity index (χ4v) is 5.96. The van der Waals surface area contributed by atoms with Crippen molar-refractivity contribution in [1.82, 2.24) is 9.80 Å². The van der Waals surface area contributed by atoms with E-state index < -0.39 is 5.97 Å². The molecule has 5 rings (SSSR count). The number of hydrogen-bond acceptors (Lipinski definition) is 3. The Kier molecular flexibility index (Phi) is 8.79. The van der Waals surface area contributed by atoms with Crippen LogP contribution in [0.25, 0.3) is 17.2 Å². The quantitative estimate of drug-likeness (QED) is 0.294. The van der Waals surface area contributed by atoms with Crippen molar-refractivity contribution >= 4 is 52.3 Å². The topological polar surface area (TPSA) is 60.9 Å². The van der Waals surface area contributed by atoms with Crippen molar-refractivity contribution < 1.29 is 14.7 Å². The predicted molar refractivity (Wildman–Crippen MR) is 167 cm³/mol. The number of aryl methyl sites for hydroxylation is 1. The minimum absolute atomic E-state index is 0.00315. The molecule has 0 bridgehead atoms. The maximum absolute atomic E-state index is 11.7. The molecule has 0 atom stereocenters. The number of carbonyl (C=O) groups is 2. The van der Waals surface area contributed by atoms with Crippen molar-refractivity contribution in [3.05, 3.63) is 122 Å². The third-order valence-electron chi connectivity index (χ3n) is 7.54. The van der Waals surface area contributed by atoms with E-state index in [1.165, 1.54) is 5.57 Å². The number of allylic oxidation sites excluding steroid dienone is 1. The number of likely N-dealkylation sites (N-methyl/N-ethyl adjacent to an activating group) is 1. The van der Waals surface area contributed by atoms with Crippen LogP contribution in [0.5, 0.6) is 0 Å². The molecule has 0 saturated carbocycles. The lowest BCUT2D eigenvalue weighted by Gasteiger charge is -2.33. The Bertz CT molecular complexity index is 1580. The summed E-state index contributed by atoms with van der Waals surface area (Å²) in [5.74, 6) is -0.926. The number of rotatable bonds is 7. The van der Waals surface area contributed by atoms with E-state index in [2.05, 4.69) is 35.2 Å². The maximum Gasteiger partial charge on any atom is 0.335 e. The largest absolute Gasteiger partial charge is 0.478 e. The predicted octanol–water partition coefficient (Wildman–Crippen LogP) is 7.33. The van der Waals surface area contributed by atoms with Crippen LogP contribution in [0.4, 0.5) is 0 Å². The summed E-state index contributed by atoms with van der Waals surface area (Å²) >= 11 is 12.9. The molecule has 3 aromatic rings. The van der Waals surface area contributed by atoms with Crippen LogP contribution in [0, 0.1) is 0 Å². The molecule has 1 N–H and O–H groups in total. The number of halogens is 2. The van der Waals surface area contributed by atoms with Gasteiger partial charge in [0.15, 0.2) is 0 Å². The van der Waals surface area contributed by atoms with Crippen molar-refractivity contribution in [1.29, 1.82) is 0 Å². The Morgan fingerprint density at radius 2 is 1.68 bits per heavy atom. The van der Waals surface area contributed by atoms with E-state index in [1.807, 2.05) is 24.3 Å². The number of fused-ring (bicyclic) bond motifs is 1. The van der Waals surface area contributed by atoms with Gasteiger partial charge in [-0.1, -0.05) is 71.8 Å². The molecule has 1 fully saturated rings. The molecule has 0 unspecified atom stereocenters. The van der Waals surface area contributed by atoms with Gasteiger partial charge < -0.3 is 10.0 Å². The highest BCUT2D eigenvalue weighted by Gasteiger charge is 2.23. The second kappa shape index (κ2) is 12.5. The lowest BCUT2D eigenvalue weighted by molar-refractivity contribution is -0.123. The second-order valence-electron chi connectivity index (χ2n) is 10.7. The molecule has 1 heterocycles. The Morgan fingerprint density at radius 3 is 2.37 bits per heavy atom. The van der Waals surface area contributed by atoms with Crippen molar-refractivity contribution in [2.45, 2.75) is 19.3 Å². The molecule has 1 aliphatic heterocycles. The standard InChI is InChI=1S/C34H32Cl2N2O3/c1-37(2)32(39)7-4-16-38-20-23(21-38)17-22-8-10-24(11-9-22)33-28-14-12-26(34(40)41)18-25(28)5-3-6-30(33)29-15-13-27(35)19-31(29)36/h4,7-15,17-19H,3,5-6,16,20-21H2,1-2H3,(H,40,41)/b7-4+.